The number of benzene rings is 1. The van der Waals surface area contributed by atoms with Gasteiger partial charge in [0, 0.05) is 12.1 Å². The van der Waals surface area contributed by atoms with Crippen molar-refractivity contribution in [2.24, 2.45) is 0 Å². The summed E-state index contributed by atoms with van der Waals surface area (Å²) in [5.74, 6) is 0. The first kappa shape index (κ1) is 14.5. The summed E-state index contributed by atoms with van der Waals surface area (Å²) in [7, 11) is 0. The quantitative estimate of drug-likeness (QED) is 0.838. The van der Waals surface area contributed by atoms with Gasteiger partial charge in [-0.25, -0.2) is 0 Å². The van der Waals surface area contributed by atoms with E-state index in [-0.39, 0.29) is 0 Å². The molecule has 1 aliphatic rings. The monoisotopic (exact) mass is 261 g/mol. The predicted molar refractivity (Wildman–Crippen MR) is 80.2 cm³/mol. The minimum Gasteiger partial charge on any atom is -0.372 e. The van der Waals surface area contributed by atoms with Crippen molar-refractivity contribution in [2.75, 3.05) is 0 Å². The van der Waals surface area contributed by atoms with Crippen LogP contribution in [0.25, 0.3) is 0 Å². The van der Waals surface area contributed by atoms with E-state index in [4.69, 9.17) is 4.74 Å². The first-order chi connectivity index (χ1) is 9.29. The van der Waals surface area contributed by atoms with Gasteiger partial charge in [-0.1, -0.05) is 50.1 Å². The molecule has 2 nitrogen and oxygen atoms in total. The fraction of sp³-hybridized carbons (Fsp3) is 0.647. The molecule has 1 aliphatic carbocycles. The molecule has 1 saturated carbocycles. The van der Waals surface area contributed by atoms with E-state index in [0.29, 0.717) is 18.2 Å². The second-order valence-electron chi connectivity index (χ2n) is 5.70. The predicted octanol–water partition coefficient (Wildman–Crippen LogP) is 3.90. The lowest BCUT2D eigenvalue weighted by atomic mass is 9.91. The standard InChI is InChI=1S/C17H27NO/c1-3-14(2)18-16-11-7-8-12-17(16)19-13-15-9-5-4-6-10-15/h4-6,9-10,14,16-18H,3,7-8,11-13H2,1-2H3/t14?,16-,17-/m0/s1. The zero-order valence-corrected chi connectivity index (χ0v) is 12.3. The zero-order chi connectivity index (χ0) is 13.5. The average molecular weight is 261 g/mol. The number of hydrogen-bond donors (Lipinski definition) is 1. The van der Waals surface area contributed by atoms with E-state index in [9.17, 15) is 0 Å². The van der Waals surface area contributed by atoms with Crippen LogP contribution in [0.4, 0.5) is 0 Å². The Morgan fingerprint density at radius 1 is 1.21 bits per heavy atom. The molecule has 0 spiro atoms. The maximum absolute atomic E-state index is 6.16. The summed E-state index contributed by atoms with van der Waals surface area (Å²) in [5, 5.41) is 3.73. The first-order valence-corrected chi connectivity index (χ1v) is 7.71. The van der Waals surface area contributed by atoms with Gasteiger partial charge in [-0.3, -0.25) is 0 Å². The highest BCUT2D eigenvalue weighted by molar-refractivity contribution is 5.13. The Morgan fingerprint density at radius 2 is 1.95 bits per heavy atom. The molecule has 0 bridgehead atoms. The van der Waals surface area contributed by atoms with Crippen molar-refractivity contribution in [2.45, 2.75) is 70.7 Å². The molecule has 0 radical (unpaired) electrons. The zero-order valence-electron chi connectivity index (χ0n) is 12.3. The summed E-state index contributed by atoms with van der Waals surface area (Å²) in [4.78, 5) is 0. The first-order valence-electron chi connectivity index (χ1n) is 7.71. The summed E-state index contributed by atoms with van der Waals surface area (Å²) < 4.78 is 6.16. The summed E-state index contributed by atoms with van der Waals surface area (Å²) in [6.45, 7) is 5.24. The third kappa shape index (κ3) is 4.63. The molecule has 0 aliphatic heterocycles. The molecule has 3 atom stereocenters. The van der Waals surface area contributed by atoms with E-state index >= 15 is 0 Å². The van der Waals surface area contributed by atoms with E-state index in [2.05, 4.69) is 49.5 Å². The summed E-state index contributed by atoms with van der Waals surface area (Å²) in [5.41, 5.74) is 1.27. The minimum atomic E-state index is 0.378. The topological polar surface area (TPSA) is 21.3 Å². The highest BCUT2D eigenvalue weighted by Gasteiger charge is 2.26. The van der Waals surface area contributed by atoms with Gasteiger partial charge in [0.1, 0.15) is 0 Å². The van der Waals surface area contributed by atoms with E-state index in [1.807, 2.05) is 0 Å². The van der Waals surface area contributed by atoms with E-state index in [1.54, 1.807) is 0 Å². The van der Waals surface area contributed by atoms with Crippen LogP contribution in [0.15, 0.2) is 30.3 Å². The third-order valence-corrected chi connectivity index (χ3v) is 4.12. The molecule has 19 heavy (non-hydrogen) atoms. The van der Waals surface area contributed by atoms with Crippen LogP contribution in [-0.2, 0) is 11.3 Å². The van der Waals surface area contributed by atoms with Crippen LogP contribution in [-0.4, -0.2) is 18.2 Å². The van der Waals surface area contributed by atoms with Crippen molar-refractivity contribution in [1.82, 2.24) is 5.32 Å². The van der Waals surface area contributed by atoms with Gasteiger partial charge in [0.05, 0.1) is 12.7 Å². The molecular weight excluding hydrogens is 234 g/mol. The van der Waals surface area contributed by atoms with Gasteiger partial charge in [0.15, 0.2) is 0 Å². The van der Waals surface area contributed by atoms with Crippen molar-refractivity contribution < 1.29 is 4.74 Å². The van der Waals surface area contributed by atoms with Crippen LogP contribution >= 0.6 is 0 Å². The lowest BCUT2D eigenvalue weighted by Gasteiger charge is -2.34. The Morgan fingerprint density at radius 3 is 2.68 bits per heavy atom. The summed E-state index contributed by atoms with van der Waals surface area (Å²) in [6.07, 6.45) is 6.65. The summed E-state index contributed by atoms with van der Waals surface area (Å²) in [6, 6.07) is 11.6. The van der Waals surface area contributed by atoms with Crippen molar-refractivity contribution in [3.05, 3.63) is 35.9 Å². The molecule has 0 amide bonds. The van der Waals surface area contributed by atoms with Crippen LogP contribution in [0.3, 0.4) is 0 Å². The molecule has 0 saturated heterocycles. The molecule has 106 valence electrons. The van der Waals surface area contributed by atoms with Gasteiger partial charge in [-0.05, 0) is 31.7 Å². The van der Waals surface area contributed by atoms with Crippen molar-refractivity contribution >= 4 is 0 Å². The molecule has 1 fully saturated rings. The van der Waals surface area contributed by atoms with Gasteiger partial charge in [0.25, 0.3) is 0 Å². The van der Waals surface area contributed by atoms with Gasteiger partial charge in [-0.2, -0.15) is 0 Å². The minimum absolute atomic E-state index is 0.378. The van der Waals surface area contributed by atoms with Gasteiger partial charge < -0.3 is 10.1 Å². The van der Waals surface area contributed by atoms with Crippen molar-refractivity contribution in [1.29, 1.82) is 0 Å². The Labute approximate surface area is 117 Å². The maximum atomic E-state index is 6.16. The average Bonchev–Trinajstić information content (AvgIpc) is 2.47. The molecule has 1 aromatic carbocycles. The number of rotatable bonds is 6. The maximum Gasteiger partial charge on any atom is 0.0732 e. The molecular formula is C17H27NO. The van der Waals surface area contributed by atoms with Gasteiger partial charge in [-0.15, -0.1) is 0 Å². The Balaban J connectivity index is 1.85. The number of hydrogen-bond acceptors (Lipinski definition) is 2. The van der Waals surface area contributed by atoms with Crippen LogP contribution in [0.2, 0.25) is 0 Å². The van der Waals surface area contributed by atoms with Crippen LogP contribution in [0, 0.1) is 0 Å². The van der Waals surface area contributed by atoms with Crippen LogP contribution in [0.5, 0.6) is 0 Å². The molecule has 1 N–H and O–H groups in total. The van der Waals surface area contributed by atoms with Crippen LogP contribution < -0.4 is 5.32 Å². The molecule has 0 aromatic heterocycles. The number of ether oxygens (including phenoxy) is 1. The fourth-order valence-electron chi connectivity index (χ4n) is 2.75. The lowest BCUT2D eigenvalue weighted by molar-refractivity contribution is -0.00798. The fourth-order valence-corrected chi connectivity index (χ4v) is 2.75. The normalized spacial score (nSPS) is 25.2. The largest absolute Gasteiger partial charge is 0.372 e. The second kappa shape index (κ2) is 7.66. The third-order valence-electron chi connectivity index (χ3n) is 4.12. The molecule has 1 unspecified atom stereocenters. The smallest absolute Gasteiger partial charge is 0.0732 e. The van der Waals surface area contributed by atoms with Gasteiger partial charge >= 0.3 is 0 Å². The van der Waals surface area contributed by atoms with E-state index < -0.39 is 0 Å². The highest BCUT2D eigenvalue weighted by atomic mass is 16.5. The van der Waals surface area contributed by atoms with E-state index in [0.717, 1.165) is 6.61 Å². The summed E-state index contributed by atoms with van der Waals surface area (Å²) >= 11 is 0. The molecule has 2 heteroatoms. The van der Waals surface area contributed by atoms with Crippen LogP contribution in [0.1, 0.15) is 51.5 Å². The van der Waals surface area contributed by atoms with E-state index in [1.165, 1.54) is 37.7 Å². The molecule has 2 rings (SSSR count). The Bertz CT molecular complexity index is 352. The molecule has 1 aromatic rings. The van der Waals surface area contributed by atoms with Crippen molar-refractivity contribution in [3.8, 4) is 0 Å². The molecule has 0 heterocycles. The SMILES string of the molecule is CCC(C)N[C@H]1CCCC[C@@H]1OCc1ccccc1. The Kier molecular flexibility index (Phi) is 5.87. The van der Waals surface area contributed by atoms with Gasteiger partial charge in [0.2, 0.25) is 0 Å². The Hall–Kier alpha value is -0.860. The second-order valence-corrected chi connectivity index (χ2v) is 5.70. The highest BCUT2D eigenvalue weighted by Crippen LogP contribution is 2.23. The number of nitrogens with one attached hydrogen (secondary N) is 1. The lowest BCUT2D eigenvalue weighted by Crippen LogP contribution is -2.47. The van der Waals surface area contributed by atoms with Crippen molar-refractivity contribution in [3.63, 3.8) is 0 Å².